The summed E-state index contributed by atoms with van der Waals surface area (Å²) in [7, 11) is 4.64. The van der Waals surface area contributed by atoms with Gasteiger partial charge in [-0.05, 0) is 12.1 Å². The fourth-order valence-corrected chi connectivity index (χ4v) is 4.14. The van der Waals surface area contributed by atoms with Gasteiger partial charge < -0.3 is 24.8 Å². The van der Waals surface area contributed by atoms with Crippen molar-refractivity contribution in [1.82, 2.24) is 30.0 Å². The van der Waals surface area contributed by atoms with Gasteiger partial charge in [0, 0.05) is 49.9 Å². The summed E-state index contributed by atoms with van der Waals surface area (Å²) in [4.78, 5) is 27.3. The molecular formula is C24H24FN7O4. The summed E-state index contributed by atoms with van der Waals surface area (Å²) in [6.07, 6.45) is 4.19. The summed E-state index contributed by atoms with van der Waals surface area (Å²) < 4.78 is 27.8. The Kier molecular flexibility index (Phi) is 6.10. The van der Waals surface area contributed by atoms with Gasteiger partial charge in [-0.1, -0.05) is 0 Å². The predicted octanol–water partition coefficient (Wildman–Crippen LogP) is 1.97. The molecule has 4 heterocycles. The van der Waals surface area contributed by atoms with Crippen LogP contribution in [0.15, 0.2) is 42.9 Å². The van der Waals surface area contributed by atoms with E-state index >= 15 is 4.39 Å². The minimum atomic E-state index is -1.13. The number of methoxy groups -OCH3 is 2. The van der Waals surface area contributed by atoms with Gasteiger partial charge in [0.15, 0.2) is 17.2 Å². The number of aliphatic hydroxyl groups excluding tert-OH is 1. The van der Waals surface area contributed by atoms with Gasteiger partial charge in [0.2, 0.25) is 5.91 Å². The van der Waals surface area contributed by atoms with Gasteiger partial charge in [0.25, 0.3) is 0 Å². The zero-order chi connectivity index (χ0) is 25.4. The second-order valence-corrected chi connectivity index (χ2v) is 8.40. The number of aromatic nitrogens is 5. The lowest BCUT2D eigenvalue weighted by atomic mass is 10.1. The molecule has 0 bridgehead atoms. The second kappa shape index (κ2) is 9.38. The third-order valence-electron chi connectivity index (χ3n) is 5.97. The first kappa shape index (κ1) is 23.4. The van der Waals surface area contributed by atoms with E-state index in [4.69, 9.17) is 9.47 Å². The molecule has 1 aromatic carbocycles. The molecule has 0 radical (unpaired) electrons. The average molecular weight is 493 g/mol. The van der Waals surface area contributed by atoms with Crippen molar-refractivity contribution in [2.45, 2.75) is 18.6 Å². The lowest BCUT2D eigenvalue weighted by molar-refractivity contribution is -0.126. The van der Waals surface area contributed by atoms with Crippen LogP contribution in [0.1, 0.15) is 6.42 Å². The van der Waals surface area contributed by atoms with E-state index in [1.807, 2.05) is 13.2 Å². The number of carbonyl (C=O) groups is 1. The van der Waals surface area contributed by atoms with Crippen molar-refractivity contribution in [1.29, 1.82) is 0 Å². The number of hydrogen-bond acceptors (Lipinski definition) is 9. The maximum Gasteiger partial charge on any atom is 0.249 e. The molecule has 0 saturated carbocycles. The van der Waals surface area contributed by atoms with Crippen molar-refractivity contribution >= 4 is 28.6 Å². The number of fused-ring (bicyclic) bond motifs is 1. The highest BCUT2D eigenvalue weighted by Gasteiger charge is 2.33. The molecule has 2 N–H and O–H groups in total. The van der Waals surface area contributed by atoms with Crippen LogP contribution in [0.5, 0.6) is 11.5 Å². The Bertz CT molecular complexity index is 1440. The first-order chi connectivity index (χ1) is 17.4. The summed E-state index contributed by atoms with van der Waals surface area (Å²) in [6.45, 7) is 0.129. The van der Waals surface area contributed by atoms with Crippen molar-refractivity contribution < 1.29 is 23.8 Å². The van der Waals surface area contributed by atoms with Gasteiger partial charge in [0.05, 0.1) is 38.0 Å². The minimum Gasteiger partial charge on any atom is -0.497 e. The van der Waals surface area contributed by atoms with Crippen molar-refractivity contribution in [3.8, 4) is 22.8 Å². The smallest absolute Gasteiger partial charge is 0.249 e. The molecule has 4 aromatic rings. The topological polar surface area (TPSA) is 128 Å². The van der Waals surface area contributed by atoms with Gasteiger partial charge >= 0.3 is 0 Å². The summed E-state index contributed by atoms with van der Waals surface area (Å²) in [6, 6.07) is 5.95. The van der Waals surface area contributed by atoms with E-state index in [2.05, 4.69) is 25.4 Å². The number of pyridine rings is 1. The lowest BCUT2D eigenvalue weighted by Gasteiger charge is -2.28. The molecular weight excluding hydrogens is 469 g/mol. The third kappa shape index (κ3) is 4.38. The standard InChI is InChI=1S/C24H24FN7O4/c1-31-11-13(9-27-31)17-10-26-16-4-5-21(30-23(16)29-17)32(12-14-6-19(33)24(34)28-14)18-7-15(35-2)8-20(36-3)22(18)25/h4-5,7-11,14,19,33H,6,12H2,1-3H3,(H,28,34). The number of hydrogen-bond donors (Lipinski definition) is 2. The van der Waals surface area contributed by atoms with Crippen LogP contribution >= 0.6 is 0 Å². The van der Waals surface area contributed by atoms with Crippen molar-refractivity contribution in [3.05, 3.63) is 48.7 Å². The fraction of sp³-hybridized carbons (Fsp3) is 0.292. The molecule has 2 unspecified atom stereocenters. The summed E-state index contributed by atoms with van der Waals surface area (Å²) in [5.41, 5.74) is 2.41. The monoisotopic (exact) mass is 493 g/mol. The van der Waals surface area contributed by atoms with Gasteiger partial charge in [-0.3, -0.25) is 14.5 Å². The van der Waals surface area contributed by atoms with Gasteiger partial charge in [0.1, 0.15) is 23.2 Å². The number of nitrogens with zero attached hydrogens (tertiary/aromatic N) is 6. The fourth-order valence-electron chi connectivity index (χ4n) is 4.14. The molecule has 186 valence electrons. The van der Waals surface area contributed by atoms with E-state index in [9.17, 15) is 9.90 Å². The highest BCUT2D eigenvalue weighted by atomic mass is 19.1. The van der Waals surface area contributed by atoms with Crippen LogP contribution in [-0.2, 0) is 11.8 Å². The number of aryl methyl sites for hydroxylation is 1. The number of ether oxygens (including phenoxy) is 2. The molecule has 36 heavy (non-hydrogen) atoms. The van der Waals surface area contributed by atoms with Crippen molar-refractivity contribution in [2.75, 3.05) is 25.7 Å². The summed E-state index contributed by atoms with van der Waals surface area (Å²) in [5, 5.41) is 16.8. The second-order valence-electron chi connectivity index (χ2n) is 8.40. The van der Waals surface area contributed by atoms with Gasteiger partial charge in [-0.2, -0.15) is 5.10 Å². The molecule has 3 aromatic heterocycles. The minimum absolute atomic E-state index is 0.00992. The maximum atomic E-state index is 15.5. The predicted molar refractivity (Wildman–Crippen MR) is 129 cm³/mol. The van der Waals surface area contributed by atoms with E-state index in [0.29, 0.717) is 28.4 Å². The molecule has 1 saturated heterocycles. The van der Waals surface area contributed by atoms with Crippen LogP contribution < -0.4 is 19.7 Å². The molecule has 2 atom stereocenters. The number of nitrogens with one attached hydrogen (secondary N) is 1. The number of halogens is 1. The molecule has 12 heteroatoms. The number of rotatable bonds is 7. The van der Waals surface area contributed by atoms with Gasteiger partial charge in [-0.25, -0.2) is 14.4 Å². The average Bonchev–Trinajstić information content (AvgIpc) is 3.46. The zero-order valence-electron chi connectivity index (χ0n) is 19.8. The van der Waals surface area contributed by atoms with Crippen LogP contribution in [0.4, 0.5) is 15.9 Å². The van der Waals surface area contributed by atoms with Crippen molar-refractivity contribution in [2.24, 2.45) is 7.05 Å². The maximum absolute atomic E-state index is 15.5. The molecule has 1 aliphatic rings. The Balaban J connectivity index is 1.61. The Morgan fingerprint density at radius 2 is 2.06 bits per heavy atom. The number of benzene rings is 1. The largest absolute Gasteiger partial charge is 0.497 e. The van der Waals surface area contributed by atoms with E-state index in [1.165, 1.54) is 26.4 Å². The summed E-state index contributed by atoms with van der Waals surface area (Å²) in [5.74, 6) is -0.361. The Labute approximate surface area is 205 Å². The van der Waals surface area contributed by atoms with Gasteiger partial charge in [-0.15, -0.1) is 0 Å². The lowest BCUT2D eigenvalue weighted by Crippen LogP contribution is -2.37. The molecule has 0 aliphatic carbocycles. The van der Waals surface area contributed by atoms with E-state index < -0.39 is 23.9 Å². The number of amides is 1. The van der Waals surface area contributed by atoms with E-state index in [1.54, 1.807) is 34.1 Å². The first-order valence-corrected chi connectivity index (χ1v) is 11.2. The Morgan fingerprint density at radius 1 is 1.22 bits per heavy atom. The molecule has 1 aliphatic heterocycles. The third-order valence-corrected chi connectivity index (χ3v) is 5.97. The SMILES string of the molecule is COc1cc(OC)c(F)c(N(CC2CC(O)C(=O)N2)c2ccc3ncc(-c4cnn(C)c4)nc3n2)c1. The van der Waals surface area contributed by atoms with E-state index in [0.717, 1.165) is 5.56 Å². The molecule has 1 fully saturated rings. The Morgan fingerprint density at radius 3 is 2.72 bits per heavy atom. The number of anilines is 2. The highest BCUT2D eigenvalue weighted by Crippen LogP contribution is 2.37. The number of carbonyl (C=O) groups excluding carboxylic acids is 1. The molecule has 5 rings (SSSR count). The number of aliphatic hydroxyl groups is 1. The molecule has 11 nitrogen and oxygen atoms in total. The van der Waals surface area contributed by atoms with Crippen LogP contribution in [0, 0.1) is 5.82 Å². The highest BCUT2D eigenvalue weighted by molar-refractivity contribution is 5.83. The quantitative estimate of drug-likeness (QED) is 0.397. The molecule has 1 amide bonds. The zero-order valence-corrected chi connectivity index (χ0v) is 19.8. The van der Waals surface area contributed by atoms with Crippen LogP contribution in [0.3, 0.4) is 0 Å². The van der Waals surface area contributed by atoms with Crippen molar-refractivity contribution in [3.63, 3.8) is 0 Å². The Hall–Kier alpha value is -4.32. The first-order valence-electron chi connectivity index (χ1n) is 11.2. The van der Waals surface area contributed by atoms with Crippen LogP contribution in [0.2, 0.25) is 0 Å². The van der Waals surface area contributed by atoms with Crippen LogP contribution in [0.25, 0.3) is 22.4 Å². The van der Waals surface area contributed by atoms with Crippen LogP contribution in [-0.4, -0.2) is 68.7 Å². The molecule has 0 spiro atoms. The summed E-state index contributed by atoms with van der Waals surface area (Å²) >= 11 is 0. The van der Waals surface area contributed by atoms with E-state index in [-0.39, 0.29) is 24.4 Å². The normalized spacial score (nSPS) is 17.3.